The van der Waals surface area contributed by atoms with Crippen molar-refractivity contribution < 1.29 is 19.1 Å². The third-order valence-corrected chi connectivity index (χ3v) is 8.93. The third kappa shape index (κ3) is 4.23. The largest absolute Gasteiger partial charge is 0.496 e. The van der Waals surface area contributed by atoms with E-state index < -0.39 is 5.97 Å². The Kier molecular flexibility index (Phi) is 6.28. The molecule has 0 bridgehead atoms. The minimum absolute atomic E-state index is 0.139. The van der Waals surface area contributed by atoms with E-state index in [0.717, 1.165) is 52.1 Å². The van der Waals surface area contributed by atoms with E-state index in [-0.39, 0.29) is 17.2 Å². The molecule has 7 nitrogen and oxygen atoms in total. The van der Waals surface area contributed by atoms with Gasteiger partial charge in [-0.25, -0.2) is 9.79 Å². The summed E-state index contributed by atoms with van der Waals surface area (Å²) in [5, 5.41) is 9.29. The molecule has 0 radical (unpaired) electrons. The Balaban J connectivity index is 1.38. The Morgan fingerprint density at radius 1 is 1.05 bits per heavy atom. The van der Waals surface area contributed by atoms with Crippen LogP contribution in [0, 0.1) is 6.92 Å². The standard InChI is InChI=1S/C34H26N2O5S/c1-19-17-21(33(38)39)12-14-23(19)28-16-13-22(41-28)18-29-32(37)36-31(25-9-5-6-10-27(25)40-2)26-15-11-20-7-3-4-8-24(20)30(26)35-34(36)42-29/h3-10,12-14,16-18,31H,11,15H2,1-2H3,(H,38,39)/b29-18-/t31-/m0/s1. The highest BCUT2D eigenvalue weighted by atomic mass is 32.1. The monoisotopic (exact) mass is 574 g/mol. The zero-order valence-corrected chi connectivity index (χ0v) is 23.8. The number of hydrogen-bond donors (Lipinski definition) is 1. The van der Waals surface area contributed by atoms with Crippen LogP contribution in [-0.2, 0) is 6.42 Å². The Bertz CT molecular complexity index is 2110. The van der Waals surface area contributed by atoms with E-state index in [1.807, 2.05) is 49.4 Å². The highest BCUT2D eigenvalue weighted by Gasteiger charge is 2.34. The Hall–Kier alpha value is -4.95. The molecule has 5 aromatic rings. The lowest BCUT2D eigenvalue weighted by Crippen LogP contribution is -2.38. The second-order valence-corrected chi connectivity index (χ2v) is 11.4. The number of allylic oxidation sites excluding steroid dienone is 1. The number of carboxylic acids is 1. The number of methoxy groups -OCH3 is 1. The number of hydrogen-bond acceptors (Lipinski definition) is 6. The number of aryl methyl sites for hydroxylation is 2. The van der Waals surface area contributed by atoms with Crippen molar-refractivity contribution >= 4 is 29.1 Å². The summed E-state index contributed by atoms with van der Waals surface area (Å²) in [6.07, 6.45) is 3.43. The minimum atomic E-state index is -0.975. The molecule has 3 aromatic carbocycles. The molecule has 0 saturated carbocycles. The number of carbonyl (C=O) groups is 1. The van der Waals surface area contributed by atoms with Crippen LogP contribution in [0.3, 0.4) is 0 Å². The van der Waals surface area contributed by atoms with Crippen molar-refractivity contribution in [3.05, 3.63) is 138 Å². The van der Waals surface area contributed by atoms with Gasteiger partial charge in [0.1, 0.15) is 17.3 Å². The fourth-order valence-electron chi connectivity index (χ4n) is 5.97. The predicted octanol–water partition coefficient (Wildman–Crippen LogP) is 5.59. The molecule has 0 spiro atoms. The number of fused-ring (bicyclic) bond motifs is 3. The number of furan rings is 1. The number of para-hydroxylation sites is 1. The number of aromatic nitrogens is 1. The normalized spacial score (nSPS) is 16.0. The van der Waals surface area contributed by atoms with E-state index in [1.165, 1.54) is 16.9 Å². The lowest BCUT2D eigenvalue weighted by molar-refractivity contribution is 0.0696. The molecule has 0 amide bonds. The molecule has 3 heterocycles. The van der Waals surface area contributed by atoms with E-state index in [9.17, 15) is 14.7 Å². The van der Waals surface area contributed by atoms with Gasteiger partial charge in [0.25, 0.3) is 5.56 Å². The minimum Gasteiger partial charge on any atom is -0.496 e. The van der Waals surface area contributed by atoms with E-state index in [1.54, 1.807) is 36.0 Å². The van der Waals surface area contributed by atoms with Crippen molar-refractivity contribution in [2.45, 2.75) is 25.8 Å². The summed E-state index contributed by atoms with van der Waals surface area (Å²) in [7, 11) is 1.65. The number of aromatic carboxylic acids is 1. The quantitative estimate of drug-likeness (QED) is 0.295. The number of carboxylic acid groups (broad SMARTS) is 1. The number of thiazole rings is 1. The maximum absolute atomic E-state index is 14.1. The smallest absolute Gasteiger partial charge is 0.335 e. The molecule has 1 aliphatic heterocycles. The highest BCUT2D eigenvalue weighted by Crippen LogP contribution is 2.43. The van der Waals surface area contributed by atoms with Gasteiger partial charge in [0.2, 0.25) is 0 Å². The average molecular weight is 575 g/mol. The zero-order valence-electron chi connectivity index (χ0n) is 23.0. The molecular weight excluding hydrogens is 548 g/mol. The molecule has 2 aliphatic rings. The highest BCUT2D eigenvalue weighted by molar-refractivity contribution is 7.07. The number of nitrogens with zero attached hydrogens (tertiary/aromatic N) is 2. The van der Waals surface area contributed by atoms with Gasteiger partial charge < -0.3 is 14.3 Å². The molecular formula is C34H26N2O5S. The number of benzene rings is 3. The van der Waals surface area contributed by atoms with Crippen LogP contribution in [0.25, 0.3) is 23.1 Å². The summed E-state index contributed by atoms with van der Waals surface area (Å²) in [6.45, 7) is 1.85. The molecule has 42 heavy (non-hydrogen) atoms. The first-order valence-corrected chi connectivity index (χ1v) is 14.4. The van der Waals surface area contributed by atoms with E-state index >= 15 is 0 Å². The van der Waals surface area contributed by atoms with Crippen molar-refractivity contribution in [1.29, 1.82) is 0 Å². The van der Waals surface area contributed by atoms with Gasteiger partial charge in [-0.1, -0.05) is 59.9 Å². The lowest BCUT2D eigenvalue weighted by atomic mass is 9.83. The van der Waals surface area contributed by atoms with Crippen LogP contribution >= 0.6 is 11.3 Å². The zero-order chi connectivity index (χ0) is 29.0. The Morgan fingerprint density at radius 3 is 2.67 bits per heavy atom. The fraction of sp³-hybridized carbons (Fsp3) is 0.147. The van der Waals surface area contributed by atoms with E-state index in [0.29, 0.717) is 20.9 Å². The van der Waals surface area contributed by atoms with Crippen LogP contribution in [0.4, 0.5) is 0 Å². The summed E-state index contributed by atoms with van der Waals surface area (Å²) < 4.78 is 14.2. The van der Waals surface area contributed by atoms with Crippen LogP contribution in [0.2, 0.25) is 0 Å². The van der Waals surface area contributed by atoms with Crippen molar-refractivity contribution in [2.24, 2.45) is 4.99 Å². The number of rotatable bonds is 5. The molecule has 0 fully saturated rings. The molecule has 2 aromatic heterocycles. The van der Waals surface area contributed by atoms with Gasteiger partial charge in [0, 0.05) is 22.8 Å². The maximum atomic E-state index is 14.1. The summed E-state index contributed by atoms with van der Waals surface area (Å²) in [5.41, 5.74) is 7.00. The predicted molar refractivity (Wildman–Crippen MR) is 162 cm³/mol. The molecule has 7 rings (SSSR count). The molecule has 0 unspecified atom stereocenters. The Labute approximate surface area is 245 Å². The Morgan fingerprint density at radius 2 is 1.86 bits per heavy atom. The first kappa shape index (κ1) is 26.0. The molecule has 1 atom stereocenters. The van der Waals surface area contributed by atoms with Crippen LogP contribution < -0.4 is 19.6 Å². The molecule has 1 N–H and O–H groups in total. The van der Waals surface area contributed by atoms with Gasteiger partial charge >= 0.3 is 5.97 Å². The molecule has 208 valence electrons. The number of ether oxygens (including phenoxy) is 1. The van der Waals surface area contributed by atoms with E-state index in [2.05, 4.69) is 18.2 Å². The average Bonchev–Trinajstić information content (AvgIpc) is 3.59. The maximum Gasteiger partial charge on any atom is 0.335 e. The van der Waals surface area contributed by atoms with Gasteiger partial charge in [-0.15, -0.1) is 0 Å². The van der Waals surface area contributed by atoms with Gasteiger partial charge in [-0.2, -0.15) is 0 Å². The molecule has 1 aliphatic carbocycles. The summed E-state index contributed by atoms with van der Waals surface area (Å²) in [4.78, 5) is 31.1. The summed E-state index contributed by atoms with van der Waals surface area (Å²) >= 11 is 1.34. The summed E-state index contributed by atoms with van der Waals surface area (Å²) in [6, 6.07) is 24.4. The van der Waals surface area contributed by atoms with Crippen molar-refractivity contribution in [1.82, 2.24) is 4.57 Å². The van der Waals surface area contributed by atoms with Crippen molar-refractivity contribution in [3.8, 4) is 17.1 Å². The van der Waals surface area contributed by atoms with Gasteiger partial charge in [0.05, 0.1) is 28.9 Å². The second-order valence-electron chi connectivity index (χ2n) is 10.4. The molecule has 8 heteroatoms. The lowest BCUT2D eigenvalue weighted by Gasteiger charge is -2.31. The third-order valence-electron chi connectivity index (χ3n) is 7.95. The van der Waals surface area contributed by atoms with Crippen LogP contribution in [0.5, 0.6) is 5.75 Å². The molecule has 0 saturated heterocycles. The van der Waals surface area contributed by atoms with Crippen LogP contribution in [0.1, 0.15) is 50.8 Å². The van der Waals surface area contributed by atoms with Crippen LogP contribution in [-0.4, -0.2) is 22.8 Å². The van der Waals surface area contributed by atoms with Crippen molar-refractivity contribution in [2.75, 3.05) is 7.11 Å². The topological polar surface area (TPSA) is 94.0 Å². The fourth-order valence-corrected chi connectivity index (χ4v) is 6.95. The van der Waals surface area contributed by atoms with Crippen LogP contribution in [0.15, 0.2) is 98.6 Å². The van der Waals surface area contributed by atoms with Gasteiger partial charge in [0.15, 0.2) is 4.80 Å². The summed E-state index contributed by atoms with van der Waals surface area (Å²) in [5.74, 6) is 0.878. The van der Waals surface area contributed by atoms with Gasteiger partial charge in [-0.3, -0.25) is 9.36 Å². The van der Waals surface area contributed by atoms with Crippen molar-refractivity contribution in [3.63, 3.8) is 0 Å². The first-order valence-electron chi connectivity index (χ1n) is 13.6. The first-order chi connectivity index (χ1) is 20.4. The second kappa shape index (κ2) is 10.2. The SMILES string of the molecule is COc1ccccc1[C@H]1C2=C(N=c3s/c(=C\c4ccc(-c5ccc(C(=O)O)cc5C)o4)c(=O)n31)c1ccccc1CC2. The van der Waals surface area contributed by atoms with Gasteiger partial charge in [-0.05, 0) is 66.8 Å². The van der Waals surface area contributed by atoms with E-state index in [4.69, 9.17) is 14.1 Å².